The van der Waals surface area contributed by atoms with Crippen molar-refractivity contribution in [3.05, 3.63) is 20.8 Å². The molecule has 1 atom stereocenters. The zero-order valence-electron chi connectivity index (χ0n) is 10.1. The van der Waals surface area contributed by atoms with E-state index in [2.05, 4.69) is 26.6 Å². The lowest BCUT2D eigenvalue weighted by atomic mass is 10.1. The Morgan fingerprint density at radius 3 is 2.61 bits per heavy atom. The first kappa shape index (κ1) is 15.0. The maximum absolute atomic E-state index is 11.5. The minimum absolute atomic E-state index is 0.163. The lowest BCUT2D eigenvalue weighted by Crippen LogP contribution is -2.48. The summed E-state index contributed by atoms with van der Waals surface area (Å²) in [5.41, 5.74) is 0. The second-order valence-electron chi connectivity index (χ2n) is 4.12. The van der Waals surface area contributed by atoms with Crippen molar-refractivity contribution in [3.63, 3.8) is 0 Å². The van der Waals surface area contributed by atoms with Crippen LogP contribution in [0, 0.1) is 5.92 Å². The van der Waals surface area contributed by atoms with Gasteiger partial charge in [0, 0.05) is 14.7 Å². The molecular formula is C11H15BrN2O3S. The molecule has 0 unspecified atom stereocenters. The zero-order valence-corrected chi connectivity index (χ0v) is 12.5. The molecule has 0 bridgehead atoms. The van der Waals surface area contributed by atoms with Gasteiger partial charge in [0.25, 0.3) is 0 Å². The third kappa shape index (κ3) is 4.66. The normalized spacial score (nSPS) is 12.2. The van der Waals surface area contributed by atoms with Gasteiger partial charge in [-0.2, -0.15) is 0 Å². The molecule has 1 heterocycles. The number of hydrogen-bond donors (Lipinski definition) is 3. The monoisotopic (exact) mass is 334 g/mol. The summed E-state index contributed by atoms with van der Waals surface area (Å²) in [4.78, 5) is 23.5. The molecule has 1 aromatic heterocycles. The van der Waals surface area contributed by atoms with Crippen LogP contribution in [0.5, 0.6) is 0 Å². The first-order valence-electron chi connectivity index (χ1n) is 5.40. The second-order valence-corrected chi connectivity index (χ2v) is 6.03. The first-order valence-corrected chi connectivity index (χ1v) is 7.07. The first-order chi connectivity index (χ1) is 8.40. The van der Waals surface area contributed by atoms with Crippen molar-refractivity contribution in [2.24, 2.45) is 5.92 Å². The molecule has 100 valence electrons. The molecule has 1 aromatic rings. The number of rotatable bonds is 5. The van der Waals surface area contributed by atoms with E-state index < -0.39 is 18.0 Å². The number of carboxylic acid groups (broad SMARTS) is 1. The molecule has 0 spiro atoms. The van der Waals surface area contributed by atoms with Crippen molar-refractivity contribution in [2.75, 3.05) is 0 Å². The second kappa shape index (κ2) is 6.75. The summed E-state index contributed by atoms with van der Waals surface area (Å²) in [7, 11) is 0. The Morgan fingerprint density at radius 2 is 2.17 bits per heavy atom. The Labute approximate surface area is 118 Å². The molecule has 0 fully saturated rings. The van der Waals surface area contributed by atoms with Crippen molar-refractivity contribution in [3.8, 4) is 0 Å². The average molecular weight is 335 g/mol. The van der Waals surface area contributed by atoms with Crippen LogP contribution in [0.2, 0.25) is 0 Å². The number of thiophene rings is 1. The summed E-state index contributed by atoms with van der Waals surface area (Å²) in [6, 6.07) is 0.558. The lowest BCUT2D eigenvalue weighted by molar-refractivity contribution is -0.140. The van der Waals surface area contributed by atoms with Crippen LogP contribution >= 0.6 is 27.3 Å². The van der Waals surface area contributed by atoms with E-state index >= 15 is 0 Å². The predicted molar refractivity (Wildman–Crippen MR) is 73.7 cm³/mol. The van der Waals surface area contributed by atoms with E-state index in [1.807, 2.05) is 11.4 Å². The van der Waals surface area contributed by atoms with Crippen LogP contribution in [0.15, 0.2) is 15.9 Å². The molecule has 2 amide bonds. The zero-order chi connectivity index (χ0) is 13.7. The molecule has 7 heteroatoms. The van der Waals surface area contributed by atoms with Crippen molar-refractivity contribution in [2.45, 2.75) is 26.4 Å². The minimum atomic E-state index is -1.03. The Balaban J connectivity index is 2.43. The van der Waals surface area contributed by atoms with Crippen LogP contribution in [-0.4, -0.2) is 23.1 Å². The summed E-state index contributed by atoms with van der Waals surface area (Å²) in [6.45, 7) is 3.87. The summed E-state index contributed by atoms with van der Waals surface area (Å²) in [6.07, 6.45) is 0. The number of carboxylic acids is 1. The summed E-state index contributed by atoms with van der Waals surface area (Å²) >= 11 is 4.84. The molecule has 0 aliphatic rings. The smallest absolute Gasteiger partial charge is 0.326 e. The van der Waals surface area contributed by atoms with Gasteiger partial charge >= 0.3 is 12.0 Å². The molecule has 1 rings (SSSR count). The molecule has 0 saturated heterocycles. The predicted octanol–water partition coefficient (Wildman–Crippen LogP) is 2.42. The van der Waals surface area contributed by atoms with Crippen LogP contribution < -0.4 is 10.6 Å². The highest BCUT2D eigenvalue weighted by Crippen LogP contribution is 2.19. The Hall–Kier alpha value is -1.08. The molecule has 5 nitrogen and oxygen atoms in total. The third-order valence-electron chi connectivity index (χ3n) is 2.26. The van der Waals surface area contributed by atoms with Crippen LogP contribution in [-0.2, 0) is 11.3 Å². The minimum Gasteiger partial charge on any atom is -0.480 e. The number of nitrogens with one attached hydrogen (secondary N) is 2. The number of halogens is 1. The largest absolute Gasteiger partial charge is 0.480 e. The molecule has 0 aromatic carbocycles. The van der Waals surface area contributed by atoms with Gasteiger partial charge in [-0.05, 0) is 27.9 Å². The number of hydrogen-bond acceptors (Lipinski definition) is 3. The maximum atomic E-state index is 11.5. The van der Waals surface area contributed by atoms with Gasteiger partial charge in [-0.25, -0.2) is 9.59 Å². The van der Waals surface area contributed by atoms with E-state index in [1.165, 1.54) is 11.3 Å². The number of amides is 2. The van der Waals surface area contributed by atoms with Gasteiger partial charge in [-0.15, -0.1) is 11.3 Å². The van der Waals surface area contributed by atoms with Gasteiger partial charge in [0.15, 0.2) is 0 Å². The fourth-order valence-corrected chi connectivity index (χ4v) is 2.71. The Kier molecular flexibility index (Phi) is 5.61. The van der Waals surface area contributed by atoms with Crippen molar-refractivity contribution >= 4 is 39.3 Å². The van der Waals surface area contributed by atoms with Crippen LogP contribution in [0.1, 0.15) is 18.7 Å². The van der Waals surface area contributed by atoms with E-state index in [-0.39, 0.29) is 5.92 Å². The molecule has 3 N–H and O–H groups in total. The molecule has 18 heavy (non-hydrogen) atoms. The van der Waals surface area contributed by atoms with Gasteiger partial charge in [0.05, 0.1) is 6.54 Å². The average Bonchev–Trinajstić information content (AvgIpc) is 2.68. The maximum Gasteiger partial charge on any atom is 0.326 e. The van der Waals surface area contributed by atoms with Crippen molar-refractivity contribution in [1.29, 1.82) is 0 Å². The highest BCUT2D eigenvalue weighted by Gasteiger charge is 2.23. The number of aliphatic carboxylic acids is 1. The van der Waals surface area contributed by atoms with E-state index in [4.69, 9.17) is 5.11 Å². The number of carbonyl (C=O) groups excluding carboxylic acids is 1. The van der Waals surface area contributed by atoms with E-state index in [0.29, 0.717) is 6.54 Å². The standard InChI is InChI=1S/C11H15BrN2O3S/c1-6(2)9(10(15)16)14-11(17)13-4-8-3-7(12)5-18-8/h3,5-6,9H,4H2,1-2H3,(H,15,16)(H2,13,14,17)/t9-/m0/s1. The van der Waals surface area contributed by atoms with Gasteiger partial charge in [0.2, 0.25) is 0 Å². The topological polar surface area (TPSA) is 78.4 Å². The van der Waals surface area contributed by atoms with Crippen molar-refractivity contribution < 1.29 is 14.7 Å². The SMILES string of the molecule is CC(C)[C@H](NC(=O)NCc1cc(Br)cs1)C(=O)O. The summed E-state index contributed by atoms with van der Waals surface area (Å²) < 4.78 is 0.968. The molecule has 0 aliphatic carbocycles. The van der Waals surface area contributed by atoms with Gasteiger partial charge in [-0.3, -0.25) is 0 Å². The van der Waals surface area contributed by atoms with Crippen molar-refractivity contribution in [1.82, 2.24) is 10.6 Å². The summed E-state index contributed by atoms with van der Waals surface area (Å²) in [5, 5.41) is 15.9. The Morgan fingerprint density at radius 1 is 1.50 bits per heavy atom. The van der Waals surface area contributed by atoms with Gasteiger partial charge < -0.3 is 15.7 Å². The van der Waals surface area contributed by atoms with E-state index in [1.54, 1.807) is 13.8 Å². The summed E-state index contributed by atoms with van der Waals surface area (Å²) in [5.74, 6) is -1.19. The number of urea groups is 1. The third-order valence-corrected chi connectivity index (χ3v) is 3.96. The Bertz CT molecular complexity index is 434. The number of carbonyl (C=O) groups is 2. The molecule has 0 aliphatic heterocycles. The quantitative estimate of drug-likeness (QED) is 0.773. The molecule has 0 radical (unpaired) electrons. The van der Waals surface area contributed by atoms with Crippen LogP contribution in [0.25, 0.3) is 0 Å². The molecular weight excluding hydrogens is 320 g/mol. The van der Waals surface area contributed by atoms with Gasteiger partial charge in [0.1, 0.15) is 6.04 Å². The lowest BCUT2D eigenvalue weighted by Gasteiger charge is -2.18. The van der Waals surface area contributed by atoms with E-state index in [0.717, 1.165) is 9.35 Å². The fourth-order valence-electron chi connectivity index (χ4n) is 1.32. The van der Waals surface area contributed by atoms with Crippen LogP contribution in [0.4, 0.5) is 4.79 Å². The highest BCUT2D eigenvalue weighted by molar-refractivity contribution is 9.10. The highest BCUT2D eigenvalue weighted by atomic mass is 79.9. The van der Waals surface area contributed by atoms with Gasteiger partial charge in [-0.1, -0.05) is 13.8 Å². The van der Waals surface area contributed by atoms with E-state index in [9.17, 15) is 9.59 Å². The molecule has 0 saturated carbocycles. The van der Waals surface area contributed by atoms with Crippen LogP contribution in [0.3, 0.4) is 0 Å². The fraction of sp³-hybridized carbons (Fsp3) is 0.455.